The molecule has 0 aliphatic heterocycles. The highest BCUT2D eigenvalue weighted by Gasteiger charge is 2.15. The number of carbonyl (C=O) groups is 1. The minimum Gasteiger partial charge on any atom is -0.496 e. The maximum absolute atomic E-state index is 11.9. The third kappa shape index (κ3) is 4.63. The highest BCUT2D eigenvalue weighted by molar-refractivity contribution is 5.94. The Morgan fingerprint density at radius 1 is 1.21 bits per heavy atom. The smallest absolute Gasteiger partial charge is 0.251 e. The highest BCUT2D eigenvalue weighted by Crippen LogP contribution is 2.28. The molecule has 3 aromatic heterocycles. The van der Waals surface area contributed by atoms with E-state index in [4.69, 9.17) is 10.00 Å². The number of benzene rings is 1. The number of ether oxygens (including phenoxy) is 1. The minimum atomic E-state index is -0.158. The molecule has 4 aromatic rings. The predicted molar refractivity (Wildman–Crippen MR) is 127 cm³/mol. The van der Waals surface area contributed by atoms with Crippen LogP contribution in [0.4, 0.5) is 5.82 Å². The molecule has 1 atom stereocenters. The molecule has 0 radical (unpaired) electrons. The Kier molecular flexibility index (Phi) is 6.64. The Morgan fingerprint density at radius 3 is 2.82 bits per heavy atom. The first-order chi connectivity index (χ1) is 16.5. The maximum atomic E-state index is 11.9. The van der Waals surface area contributed by atoms with Gasteiger partial charge in [0, 0.05) is 48.3 Å². The first-order valence-corrected chi connectivity index (χ1v) is 10.7. The fraction of sp³-hybridized carbons (Fsp3) is 0.250. The van der Waals surface area contributed by atoms with E-state index >= 15 is 0 Å². The number of nitriles is 1. The number of nitrogens with one attached hydrogen (secondary N) is 2. The molecule has 0 bridgehead atoms. The number of carbonyl (C=O) groups excluding carboxylic acids is 1. The van der Waals surface area contributed by atoms with Gasteiger partial charge in [0.15, 0.2) is 5.65 Å². The number of fused-ring (bicyclic) bond motifs is 1. The van der Waals surface area contributed by atoms with Gasteiger partial charge >= 0.3 is 0 Å². The normalized spacial score (nSPS) is 11.6. The molecule has 1 aromatic carbocycles. The zero-order valence-corrected chi connectivity index (χ0v) is 19.1. The molecule has 172 valence electrons. The summed E-state index contributed by atoms with van der Waals surface area (Å²) in [4.78, 5) is 25.1. The Labute approximate surface area is 196 Å². The van der Waals surface area contributed by atoms with Crippen LogP contribution >= 0.6 is 0 Å². The van der Waals surface area contributed by atoms with Crippen molar-refractivity contribution < 1.29 is 9.53 Å². The van der Waals surface area contributed by atoms with Crippen molar-refractivity contribution in [2.24, 2.45) is 0 Å². The Balaban J connectivity index is 1.49. The van der Waals surface area contributed by atoms with Crippen molar-refractivity contribution in [3.8, 4) is 23.1 Å². The van der Waals surface area contributed by atoms with Crippen LogP contribution in [0.1, 0.15) is 28.8 Å². The van der Waals surface area contributed by atoms with Crippen molar-refractivity contribution in [3.05, 3.63) is 60.2 Å². The Hall–Kier alpha value is -4.52. The molecule has 0 aliphatic carbocycles. The van der Waals surface area contributed by atoms with Crippen molar-refractivity contribution in [3.63, 3.8) is 0 Å². The third-order valence-corrected chi connectivity index (χ3v) is 5.50. The van der Waals surface area contributed by atoms with E-state index in [1.54, 1.807) is 43.4 Å². The molecule has 4 rings (SSSR count). The minimum absolute atomic E-state index is 0.0936. The summed E-state index contributed by atoms with van der Waals surface area (Å²) in [6.07, 6.45) is 4.91. The van der Waals surface area contributed by atoms with Gasteiger partial charge in [0.1, 0.15) is 24.4 Å². The van der Waals surface area contributed by atoms with E-state index in [-0.39, 0.29) is 18.4 Å². The van der Waals surface area contributed by atoms with E-state index in [0.717, 1.165) is 22.2 Å². The van der Waals surface area contributed by atoms with E-state index in [2.05, 4.69) is 43.7 Å². The van der Waals surface area contributed by atoms with E-state index < -0.39 is 0 Å². The molecule has 10 heteroatoms. The molecule has 0 fully saturated rings. The Bertz CT molecular complexity index is 1380. The number of methoxy groups -OCH3 is 1. The molecular weight excluding hydrogens is 432 g/mol. The van der Waals surface area contributed by atoms with Crippen LogP contribution in [-0.4, -0.2) is 51.3 Å². The summed E-state index contributed by atoms with van der Waals surface area (Å²) in [6.45, 7) is 2.82. The molecule has 3 heterocycles. The summed E-state index contributed by atoms with van der Waals surface area (Å²) in [6, 6.07) is 11.3. The van der Waals surface area contributed by atoms with Gasteiger partial charge in [-0.1, -0.05) is 13.0 Å². The molecule has 34 heavy (non-hydrogen) atoms. The van der Waals surface area contributed by atoms with Gasteiger partial charge in [0.2, 0.25) is 0 Å². The molecule has 0 aliphatic rings. The van der Waals surface area contributed by atoms with Crippen molar-refractivity contribution in [2.75, 3.05) is 26.0 Å². The molecule has 0 saturated heterocycles. The number of hydrogen-bond donors (Lipinski definition) is 2. The summed E-state index contributed by atoms with van der Waals surface area (Å²) in [7, 11) is 3.19. The van der Waals surface area contributed by atoms with Crippen LogP contribution < -0.4 is 15.4 Å². The second-order valence-corrected chi connectivity index (χ2v) is 7.70. The van der Waals surface area contributed by atoms with Gasteiger partial charge < -0.3 is 15.4 Å². The van der Waals surface area contributed by atoms with Crippen molar-refractivity contribution in [2.45, 2.75) is 19.4 Å². The second kappa shape index (κ2) is 9.95. The van der Waals surface area contributed by atoms with Crippen LogP contribution in [0.25, 0.3) is 22.3 Å². The second-order valence-electron chi connectivity index (χ2n) is 7.70. The van der Waals surface area contributed by atoms with Gasteiger partial charge in [0.05, 0.1) is 25.1 Å². The molecule has 2 N–H and O–H groups in total. The van der Waals surface area contributed by atoms with E-state index in [9.17, 15) is 4.79 Å². The number of nitrogens with zero attached hydrogens (tertiary/aromatic N) is 6. The fourth-order valence-corrected chi connectivity index (χ4v) is 3.68. The molecule has 1 amide bonds. The quantitative estimate of drug-likeness (QED) is 0.414. The van der Waals surface area contributed by atoms with Gasteiger partial charge in [-0.3, -0.25) is 4.79 Å². The molecular formula is C24H24N8O2. The zero-order valence-electron chi connectivity index (χ0n) is 19.1. The summed E-state index contributed by atoms with van der Waals surface area (Å²) in [5, 5.41) is 19.9. The number of hydrogen-bond acceptors (Lipinski definition) is 8. The molecule has 0 spiro atoms. The van der Waals surface area contributed by atoms with E-state index in [1.807, 2.05) is 18.2 Å². The number of amides is 1. The third-order valence-electron chi connectivity index (χ3n) is 5.50. The summed E-state index contributed by atoms with van der Waals surface area (Å²) < 4.78 is 7.08. The highest BCUT2D eigenvalue weighted by atomic mass is 16.5. The zero-order chi connectivity index (χ0) is 24.1. The lowest BCUT2D eigenvalue weighted by molar-refractivity contribution is 0.0962. The Morgan fingerprint density at radius 2 is 2.06 bits per heavy atom. The van der Waals surface area contributed by atoms with Gasteiger partial charge in [-0.15, -0.1) is 0 Å². The monoisotopic (exact) mass is 456 g/mol. The largest absolute Gasteiger partial charge is 0.496 e. The topological polar surface area (TPSA) is 131 Å². The summed E-state index contributed by atoms with van der Waals surface area (Å²) >= 11 is 0. The molecule has 10 nitrogen and oxygen atoms in total. The summed E-state index contributed by atoms with van der Waals surface area (Å²) in [5.41, 5.74) is 3.74. The standard InChI is InChI=1S/C24H24N8O2/c1-15(19-5-4-16(24(33)26-2)9-21(19)34-3)11-27-22-10-20(29-14-30-22)17-8-18-13-31-32(7-6-25)23(18)28-12-17/h4-5,8-10,12-15H,7,11H2,1-3H3,(H,26,33)(H,27,29,30). The summed E-state index contributed by atoms with van der Waals surface area (Å²) in [5.74, 6) is 1.28. The average Bonchev–Trinajstić information content (AvgIpc) is 3.28. The first-order valence-electron chi connectivity index (χ1n) is 10.7. The molecule has 0 saturated carbocycles. The van der Waals surface area contributed by atoms with Crippen molar-refractivity contribution in [1.29, 1.82) is 5.26 Å². The SMILES string of the molecule is CNC(=O)c1ccc(C(C)CNc2cc(-c3cnc4c(cnn4CC#N)c3)ncn2)c(OC)c1. The lowest BCUT2D eigenvalue weighted by Crippen LogP contribution is -2.18. The van der Waals surface area contributed by atoms with Crippen LogP contribution in [0.2, 0.25) is 0 Å². The van der Waals surface area contributed by atoms with Gasteiger partial charge in [-0.25, -0.2) is 19.6 Å². The predicted octanol–water partition coefficient (Wildman–Crippen LogP) is 3.00. The number of rotatable bonds is 8. The molecule has 1 unspecified atom stereocenters. The number of anilines is 1. The van der Waals surface area contributed by atoms with Crippen LogP contribution in [0.15, 0.2) is 49.1 Å². The van der Waals surface area contributed by atoms with E-state index in [0.29, 0.717) is 29.3 Å². The fourth-order valence-electron chi connectivity index (χ4n) is 3.68. The van der Waals surface area contributed by atoms with Crippen LogP contribution in [0.5, 0.6) is 5.75 Å². The number of aromatic nitrogens is 5. The van der Waals surface area contributed by atoms with Gasteiger partial charge in [-0.05, 0) is 23.8 Å². The first kappa shape index (κ1) is 22.7. The van der Waals surface area contributed by atoms with Crippen LogP contribution in [-0.2, 0) is 6.54 Å². The van der Waals surface area contributed by atoms with Gasteiger partial charge in [-0.2, -0.15) is 10.4 Å². The lowest BCUT2D eigenvalue weighted by Gasteiger charge is -2.17. The van der Waals surface area contributed by atoms with E-state index in [1.165, 1.54) is 6.33 Å². The lowest BCUT2D eigenvalue weighted by atomic mass is 9.98. The van der Waals surface area contributed by atoms with Crippen LogP contribution in [0, 0.1) is 11.3 Å². The number of pyridine rings is 1. The van der Waals surface area contributed by atoms with Crippen molar-refractivity contribution >= 4 is 22.8 Å². The van der Waals surface area contributed by atoms with Gasteiger partial charge in [0.25, 0.3) is 5.91 Å². The maximum Gasteiger partial charge on any atom is 0.251 e. The average molecular weight is 457 g/mol. The van der Waals surface area contributed by atoms with Crippen LogP contribution in [0.3, 0.4) is 0 Å². The van der Waals surface area contributed by atoms with Crippen molar-refractivity contribution in [1.82, 2.24) is 30.0 Å².